The number of ether oxygens (including phenoxy) is 1. The van der Waals surface area contributed by atoms with Gasteiger partial charge in [0, 0.05) is 22.3 Å². The van der Waals surface area contributed by atoms with Crippen LogP contribution in [0.3, 0.4) is 0 Å². The predicted octanol–water partition coefficient (Wildman–Crippen LogP) is 6.85. The molecule has 5 nitrogen and oxygen atoms in total. The minimum atomic E-state index is -0.400. The van der Waals surface area contributed by atoms with E-state index in [0.717, 1.165) is 11.3 Å². The summed E-state index contributed by atoms with van der Waals surface area (Å²) in [4.78, 5) is 12.8. The summed E-state index contributed by atoms with van der Waals surface area (Å²) < 4.78 is 21.5. The fourth-order valence-electron chi connectivity index (χ4n) is 3.58. The Balaban J connectivity index is 1.37. The first kappa shape index (κ1) is 24.5. The van der Waals surface area contributed by atoms with Crippen LogP contribution in [0.1, 0.15) is 47.8 Å². The molecule has 0 saturated carbocycles. The number of amides is 1. The highest BCUT2D eigenvalue weighted by Gasteiger charge is 2.14. The summed E-state index contributed by atoms with van der Waals surface area (Å²) >= 11 is 6.09. The molecule has 0 spiro atoms. The minimum Gasteiger partial charge on any atom is -0.489 e. The van der Waals surface area contributed by atoms with Gasteiger partial charge >= 0.3 is 0 Å². The van der Waals surface area contributed by atoms with E-state index in [9.17, 15) is 9.18 Å². The Bertz CT molecular complexity index is 1310. The van der Waals surface area contributed by atoms with E-state index in [1.807, 2.05) is 24.3 Å². The molecule has 1 heterocycles. The fraction of sp³-hybridized carbons (Fsp3) is 0.214. The Labute approximate surface area is 209 Å². The average molecular weight is 492 g/mol. The van der Waals surface area contributed by atoms with Crippen molar-refractivity contribution in [3.63, 3.8) is 0 Å². The number of aromatic nitrogens is 2. The summed E-state index contributed by atoms with van der Waals surface area (Å²) in [6.07, 6.45) is 3.15. The van der Waals surface area contributed by atoms with Crippen molar-refractivity contribution in [1.29, 1.82) is 0 Å². The first-order valence-corrected chi connectivity index (χ1v) is 11.7. The highest BCUT2D eigenvalue weighted by atomic mass is 35.5. The number of nitrogens with one attached hydrogen (secondary N) is 1. The number of halogens is 2. The number of rotatable bonds is 7. The molecule has 0 bridgehead atoms. The van der Waals surface area contributed by atoms with Gasteiger partial charge in [0.2, 0.25) is 0 Å². The topological polar surface area (TPSA) is 56.1 Å². The molecule has 3 aromatic carbocycles. The zero-order chi connectivity index (χ0) is 25.0. The molecule has 1 amide bonds. The smallest absolute Gasteiger partial charge is 0.255 e. The summed E-state index contributed by atoms with van der Waals surface area (Å²) in [5, 5.41) is 7.35. The summed E-state index contributed by atoms with van der Waals surface area (Å²) in [5.41, 5.74) is 3.55. The van der Waals surface area contributed by atoms with Crippen LogP contribution in [0.5, 0.6) is 5.75 Å². The lowest BCUT2D eigenvalue weighted by Gasteiger charge is -2.19. The second-order valence-electron chi connectivity index (χ2n) is 9.34. The maximum atomic E-state index is 14.0. The first-order valence-electron chi connectivity index (χ1n) is 11.3. The van der Waals surface area contributed by atoms with E-state index in [2.05, 4.69) is 43.3 Å². The maximum absolute atomic E-state index is 14.0. The molecule has 35 heavy (non-hydrogen) atoms. The van der Waals surface area contributed by atoms with E-state index < -0.39 is 5.82 Å². The molecule has 1 aromatic heterocycles. The molecule has 4 rings (SSSR count). The van der Waals surface area contributed by atoms with Gasteiger partial charge in [0.15, 0.2) is 0 Å². The first-order chi connectivity index (χ1) is 16.7. The van der Waals surface area contributed by atoms with Gasteiger partial charge in [0.25, 0.3) is 5.91 Å². The van der Waals surface area contributed by atoms with E-state index in [0.29, 0.717) is 28.4 Å². The second kappa shape index (κ2) is 10.3. The van der Waals surface area contributed by atoms with Crippen LogP contribution in [0.15, 0.2) is 79.1 Å². The lowest BCUT2D eigenvalue weighted by molar-refractivity contribution is 0.102. The van der Waals surface area contributed by atoms with Gasteiger partial charge in [-0.25, -0.2) is 4.39 Å². The number of hydrogen-bond acceptors (Lipinski definition) is 3. The molecule has 0 aliphatic rings. The molecule has 0 fully saturated rings. The molecule has 7 heteroatoms. The van der Waals surface area contributed by atoms with Crippen molar-refractivity contribution in [3.8, 4) is 5.75 Å². The molecule has 0 aliphatic heterocycles. The Hall–Kier alpha value is -3.64. The van der Waals surface area contributed by atoms with Gasteiger partial charge < -0.3 is 10.1 Å². The van der Waals surface area contributed by atoms with Gasteiger partial charge in [-0.1, -0.05) is 62.7 Å². The van der Waals surface area contributed by atoms with Crippen LogP contribution in [-0.4, -0.2) is 15.7 Å². The predicted molar refractivity (Wildman–Crippen MR) is 137 cm³/mol. The van der Waals surface area contributed by atoms with Gasteiger partial charge in [-0.05, 0) is 52.9 Å². The normalized spacial score (nSPS) is 11.3. The molecule has 180 valence electrons. The van der Waals surface area contributed by atoms with E-state index in [1.165, 1.54) is 22.5 Å². The average Bonchev–Trinajstić information content (AvgIpc) is 3.27. The van der Waals surface area contributed by atoms with E-state index >= 15 is 0 Å². The maximum Gasteiger partial charge on any atom is 0.255 e. The Morgan fingerprint density at radius 3 is 2.54 bits per heavy atom. The summed E-state index contributed by atoms with van der Waals surface area (Å²) in [6.45, 7) is 7.01. The highest BCUT2D eigenvalue weighted by Crippen LogP contribution is 2.25. The van der Waals surface area contributed by atoms with Crippen LogP contribution < -0.4 is 10.1 Å². The largest absolute Gasteiger partial charge is 0.489 e. The van der Waals surface area contributed by atoms with Crippen molar-refractivity contribution in [2.24, 2.45) is 0 Å². The van der Waals surface area contributed by atoms with Crippen LogP contribution in [0.2, 0.25) is 5.02 Å². The fourth-order valence-corrected chi connectivity index (χ4v) is 3.81. The lowest BCUT2D eigenvalue weighted by Crippen LogP contribution is -2.12. The zero-order valence-corrected chi connectivity index (χ0v) is 20.6. The van der Waals surface area contributed by atoms with Crippen molar-refractivity contribution in [2.45, 2.75) is 39.3 Å². The number of benzene rings is 3. The Morgan fingerprint density at radius 2 is 1.83 bits per heavy atom. The number of hydrogen-bond donors (Lipinski definition) is 1. The van der Waals surface area contributed by atoms with Gasteiger partial charge in [-0.2, -0.15) is 5.10 Å². The van der Waals surface area contributed by atoms with Crippen LogP contribution in [0.4, 0.5) is 10.1 Å². The van der Waals surface area contributed by atoms with Gasteiger partial charge in [-0.15, -0.1) is 0 Å². The SMILES string of the molecule is CC(C)(C)c1ccc(OCc2cccc(C(=O)Nc3cnn(Cc4c(F)cccc4Cl)c3)c2)cc1. The van der Waals surface area contributed by atoms with Crippen molar-refractivity contribution < 1.29 is 13.9 Å². The number of carbonyl (C=O) groups is 1. The summed E-state index contributed by atoms with van der Waals surface area (Å²) in [6, 6.07) is 19.9. The van der Waals surface area contributed by atoms with Crippen LogP contribution in [0.25, 0.3) is 0 Å². The third kappa shape index (κ3) is 6.28. The molecule has 1 N–H and O–H groups in total. The van der Waals surface area contributed by atoms with Crippen LogP contribution in [-0.2, 0) is 18.6 Å². The zero-order valence-electron chi connectivity index (χ0n) is 19.9. The highest BCUT2D eigenvalue weighted by molar-refractivity contribution is 6.31. The molecule has 0 unspecified atom stereocenters. The molecular weight excluding hydrogens is 465 g/mol. The monoisotopic (exact) mass is 491 g/mol. The third-order valence-electron chi connectivity index (χ3n) is 5.59. The molecule has 0 atom stereocenters. The molecule has 0 saturated heterocycles. The Kier molecular flexibility index (Phi) is 7.22. The standard InChI is InChI=1S/C28H27ClFN3O2/c1-28(2,3)21-10-12-23(13-11-21)35-18-19-6-4-7-20(14-19)27(34)32-22-15-31-33(16-22)17-24-25(29)8-5-9-26(24)30/h4-16H,17-18H2,1-3H3,(H,32,34). The minimum absolute atomic E-state index is 0.0848. The molecular formula is C28H27ClFN3O2. The van der Waals surface area contributed by atoms with Crippen molar-refractivity contribution in [3.05, 3.63) is 112 Å². The number of carbonyl (C=O) groups excluding carboxylic acids is 1. The molecule has 4 aromatic rings. The van der Waals surface area contributed by atoms with Crippen LogP contribution in [0, 0.1) is 5.82 Å². The summed E-state index contributed by atoms with van der Waals surface area (Å²) in [7, 11) is 0. The van der Waals surface area contributed by atoms with E-state index in [-0.39, 0.29) is 17.9 Å². The second-order valence-corrected chi connectivity index (χ2v) is 9.75. The summed E-state index contributed by atoms with van der Waals surface area (Å²) in [5.74, 6) is 0.0999. The molecule has 0 aliphatic carbocycles. The van der Waals surface area contributed by atoms with Crippen molar-refractivity contribution in [1.82, 2.24) is 9.78 Å². The molecule has 0 radical (unpaired) electrons. The van der Waals surface area contributed by atoms with Crippen LogP contribution >= 0.6 is 11.6 Å². The van der Waals surface area contributed by atoms with Gasteiger partial charge in [0.05, 0.1) is 18.4 Å². The van der Waals surface area contributed by atoms with E-state index in [1.54, 1.807) is 30.5 Å². The van der Waals surface area contributed by atoms with Gasteiger partial charge in [0.1, 0.15) is 18.2 Å². The number of nitrogens with zero attached hydrogens (tertiary/aromatic N) is 2. The van der Waals surface area contributed by atoms with Crippen molar-refractivity contribution in [2.75, 3.05) is 5.32 Å². The van der Waals surface area contributed by atoms with Crippen molar-refractivity contribution >= 4 is 23.2 Å². The van der Waals surface area contributed by atoms with Gasteiger partial charge in [-0.3, -0.25) is 9.48 Å². The number of anilines is 1. The van der Waals surface area contributed by atoms with E-state index in [4.69, 9.17) is 16.3 Å². The Morgan fingerprint density at radius 1 is 1.09 bits per heavy atom. The quantitative estimate of drug-likeness (QED) is 0.307. The lowest BCUT2D eigenvalue weighted by atomic mass is 9.87. The third-order valence-corrected chi connectivity index (χ3v) is 5.94.